The van der Waals surface area contributed by atoms with Crippen molar-refractivity contribution in [1.82, 2.24) is 0 Å². The number of rotatable bonds is 8. The van der Waals surface area contributed by atoms with Crippen LogP contribution < -0.4 is 0 Å². The van der Waals surface area contributed by atoms with E-state index in [9.17, 15) is 0 Å². The minimum atomic E-state index is -2.66. The minimum Gasteiger partial charge on any atom is -0.373 e. The Morgan fingerprint density at radius 1 is 0.882 bits per heavy atom. The number of hydrogen-bond acceptors (Lipinski definition) is 3. The van der Waals surface area contributed by atoms with Gasteiger partial charge in [-0.25, -0.2) is 0 Å². The summed E-state index contributed by atoms with van der Waals surface area (Å²) in [7, 11) is -2.66. The summed E-state index contributed by atoms with van der Waals surface area (Å²) in [6, 6.07) is 12.0. The highest BCUT2D eigenvalue weighted by atomic mass is 28.4. The maximum Gasteiger partial charge on any atom is 0.509 e. The molecule has 0 aliphatic heterocycles. The first kappa shape index (κ1) is 14.4. The van der Waals surface area contributed by atoms with Crippen LogP contribution in [0.2, 0.25) is 0 Å². The second-order valence-corrected chi connectivity index (χ2v) is 5.82. The van der Waals surface area contributed by atoms with Crippen LogP contribution in [0.25, 0.3) is 0 Å². The fourth-order valence-corrected chi connectivity index (χ4v) is 3.91. The van der Waals surface area contributed by atoms with Crippen LogP contribution in [0.5, 0.6) is 0 Å². The molecule has 4 heteroatoms. The first-order valence-electron chi connectivity index (χ1n) is 6.09. The van der Waals surface area contributed by atoms with Gasteiger partial charge >= 0.3 is 8.80 Å². The van der Waals surface area contributed by atoms with E-state index in [4.69, 9.17) is 13.3 Å². The molecular weight excluding hydrogens is 232 g/mol. The quantitative estimate of drug-likeness (QED) is 0.667. The lowest BCUT2D eigenvalue weighted by atomic mass is 10.2. The van der Waals surface area contributed by atoms with Gasteiger partial charge in [0, 0.05) is 19.8 Å². The van der Waals surface area contributed by atoms with E-state index in [1.54, 1.807) is 0 Å². The highest BCUT2D eigenvalue weighted by Gasteiger charge is 2.40. The van der Waals surface area contributed by atoms with E-state index in [2.05, 4.69) is 0 Å². The van der Waals surface area contributed by atoms with E-state index < -0.39 is 8.80 Å². The molecule has 0 spiro atoms. The second kappa shape index (κ2) is 7.61. The molecule has 0 amide bonds. The summed E-state index contributed by atoms with van der Waals surface area (Å²) in [6.07, 6.45) is 0. The van der Waals surface area contributed by atoms with Gasteiger partial charge in [-0.1, -0.05) is 30.3 Å². The van der Waals surface area contributed by atoms with Gasteiger partial charge in [0.15, 0.2) is 0 Å². The minimum absolute atomic E-state index is 0.593. The maximum atomic E-state index is 5.75. The summed E-state index contributed by atoms with van der Waals surface area (Å²) in [4.78, 5) is 0. The smallest absolute Gasteiger partial charge is 0.373 e. The molecule has 1 radical (unpaired) electrons. The first-order valence-corrected chi connectivity index (χ1v) is 7.89. The van der Waals surface area contributed by atoms with Crippen molar-refractivity contribution >= 4 is 8.80 Å². The molecule has 0 saturated heterocycles. The summed E-state index contributed by atoms with van der Waals surface area (Å²) in [5.41, 5.74) is 1.08. The van der Waals surface area contributed by atoms with Crippen LogP contribution in [0.1, 0.15) is 26.3 Å². The number of hydrogen-bond donors (Lipinski definition) is 0. The zero-order chi connectivity index (χ0) is 12.6. The van der Waals surface area contributed by atoms with Gasteiger partial charge in [-0.2, -0.15) is 0 Å². The summed E-state index contributed by atoms with van der Waals surface area (Å²) >= 11 is 0. The summed E-state index contributed by atoms with van der Waals surface area (Å²) in [5.74, 6) is 0. The molecule has 1 rings (SSSR count). The fourth-order valence-electron chi connectivity index (χ4n) is 1.61. The van der Waals surface area contributed by atoms with Gasteiger partial charge in [0.25, 0.3) is 0 Å². The Hall–Kier alpha value is -0.683. The lowest BCUT2D eigenvalue weighted by Gasteiger charge is -2.28. The molecule has 0 unspecified atom stereocenters. The average Bonchev–Trinajstić information content (AvgIpc) is 2.31. The lowest BCUT2D eigenvalue weighted by molar-refractivity contribution is 0.0805. The monoisotopic (exact) mass is 253 g/mol. The molecular formula is C13H21O3Si. The molecule has 3 nitrogen and oxygen atoms in total. The Morgan fingerprint density at radius 2 is 1.35 bits per heavy atom. The topological polar surface area (TPSA) is 27.7 Å². The van der Waals surface area contributed by atoms with Crippen molar-refractivity contribution in [3.05, 3.63) is 41.9 Å². The van der Waals surface area contributed by atoms with Gasteiger partial charge in [0.05, 0.1) is 6.04 Å². The van der Waals surface area contributed by atoms with Crippen molar-refractivity contribution in [3.63, 3.8) is 0 Å². The first-order chi connectivity index (χ1) is 8.26. The maximum absolute atomic E-state index is 5.75. The third kappa shape index (κ3) is 4.59. The predicted molar refractivity (Wildman–Crippen MR) is 70.5 cm³/mol. The molecule has 1 aromatic rings. The van der Waals surface area contributed by atoms with E-state index in [0.717, 1.165) is 5.56 Å². The molecule has 0 saturated carbocycles. The van der Waals surface area contributed by atoms with Crippen molar-refractivity contribution in [3.8, 4) is 0 Å². The van der Waals surface area contributed by atoms with E-state index in [-0.39, 0.29) is 0 Å². The van der Waals surface area contributed by atoms with E-state index >= 15 is 0 Å². The van der Waals surface area contributed by atoms with Crippen LogP contribution in [0.3, 0.4) is 0 Å². The van der Waals surface area contributed by atoms with Gasteiger partial charge < -0.3 is 13.3 Å². The predicted octanol–water partition coefficient (Wildman–Crippen LogP) is 2.83. The van der Waals surface area contributed by atoms with Crippen molar-refractivity contribution in [2.24, 2.45) is 0 Å². The Labute approximate surface area is 105 Å². The molecule has 0 bridgehead atoms. The molecule has 0 atom stereocenters. The molecule has 0 fully saturated rings. The third-order valence-electron chi connectivity index (χ3n) is 2.18. The van der Waals surface area contributed by atoms with Crippen LogP contribution in [0.15, 0.2) is 30.3 Å². The van der Waals surface area contributed by atoms with Gasteiger partial charge in [-0.15, -0.1) is 0 Å². The highest BCUT2D eigenvalue weighted by Crippen LogP contribution is 2.19. The number of benzene rings is 1. The Balaban J connectivity index is 2.80. The van der Waals surface area contributed by atoms with E-state index in [1.165, 1.54) is 0 Å². The normalized spacial score (nSPS) is 11.7. The zero-order valence-corrected chi connectivity index (χ0v) is 11.8. The van der Waals surface area contributed by atoms with Crippen molar-refractivity contribution < 1.29 is 13.3 Å². The molecule has 0 aromatic heterocycles. The molecule has 1 aromatic carbocycles. The SMILES string of the molecule is CCO[Si]([CH]c1ccccc1)(OCC)OCC. The molecule has 95 valence electrons. The van der Waals surface area contributed by atoms with Crippen molar-refractivity contribution in [1.29, 1.82) is 0 Å². The Bertz CT molecular complexity index is 286. The van der Waals surface area contributed by atoms with Crippen molar-refractivity contribution in [2.45, 2.75) is 20.8 Å². The summed E-state index contributed by atoms with van der Waals surface area (Å²) in [6.45, 7) is 7.65. The van der Waals surface area contributed by atoms with E-state index in [1.807, 2.05) is 57.1 Å². The van der Waals surface area contributed by atoms with Crippen LogP contribution in [0.4, 0.5) is 0 Å². The van der Waals surface area contributed by atoms with Gasteiger partial charge in [0.2, 0.25) is 0 Å². The van der Waals surface area contributed by atoms with Gasteiger partial charge in [-0.3, -0.25) is 0 Å². The standard InChI is InChI=1S/C13H21O3Si/c1-4-14-17(15-5-2,16-6-3)12-13-10-8-7-9-11-13/h7-12H,4-6H2,1-3H3. The van der Waals surface area contributed by atoms with Crippen LogP contribution in [-0.2, 0) is 13.3 Å². The highest BCUT2D eigenvalue weighted by molar-refractivity contribution is 6.65. The molecule has 0 aliphatic carbocycles. The average molecular weight is 253 g/mol. The Morgan fingerprint density at radius 3 is 1.76 bits per heavy atom. The van der Waals surface area contributed by atoms with Crippen LogP contribution in [-0.4, -0.2) is 28.6 Å². The van der Waals surface area contributed by atoms with Crippen molar-refractivity contribution in [2.75, 3.05) is 19.8 Å². The third-order valence-corrected chi connectivity index (χ3v) is 4.94. The van der Waals surface area contributed by atoms with Gasteiger partial charge in [-0.05, 0) is 26.3 Å². The van der Waals surface area contributed by atoms with Crippen LogP contribution >= 0.6 is 0 Å². The molecule has 0 heterocycles. The largest absolute Gasteiger partial charge is 0.509 e. The molecule has 17 heavy (non-hydrogen) atoms. The Kier molecular flexibility index (Phi) is 6.43. The summed E-state index contributed by atoms with van der Waals surface area (Å²) in [5, 5.41) is 0. The lowest BCUT2D eigenvalue weighted by Crippen LogP contribution is -2.47. The van der Waals surface area contributed by atoms with E-state index in [0.29, 0.717) is 19.8 Å². The molecule has 0 aliphatic rings. The zero-order valence-electron chi connectivity index (χ0n) is 10.8. The molecule has 0 N–H and O–H groups in total. The second-order valence-electron chi connectivity index (χ2n) is 3.46. The van der Waals surface area contributed by atoms with Gasteiger partial charge in [0.1, 0.15) is 0 Å². The fraction of sp³-hybridized carbons (Fsp3) is 0.462. The summed E-state index contributed by atoms with van der Waals surface area (Å²) < 4.78 is 17.3. The van der Waals surface area contributed by atoms with Crippen LogP contribution in [0, 0.1) is 6.04 Å².